The number of rotatable bonds is 12. The van der Waals surface area contributed by atoms with Crippen LogP contribution in [0, 0.1) is 11.6 Å². The van der Waals surface area contributed by atoms with E-state index in [1.807, 2.05) is 53.7 Å². The topological polar surface area (TPSA) is 140 Å². The Bertz CT molecular complexity index is 2350. The maximum absolute atomic E-state index is 14.3. The Hall–Kier alpha value is -4.52. The lowest BCUT2D eigenvalue weighted by atomic mass is 9.84. The first kappa shape index (κ1) is 49.4. The number of carbonyl (C=O) groups excluding carboxylic acids is 2. The second-order valence-corrected chi connectivity index (χ2v) is 19.0. The summed E-state index contributed by atoms with van der Waals surface area (Å²) in [5.74, 6) is -0.336. The van der Waals surface area contributed by atoms with Crippen molar-refractivity contribution >= 4 is 35.0 Å². The van der Waals surface area contributed by atoms with Crippen molar-refractivity contribution < 1.29 is 56.3 Å². The van der Waals surface area contributed by atoms with Crippen molar-refractivity contribution in [3.05, 3.63) is 117 Å². The molecular weight excluding hydrogens is 901 g/mol. The van der Waals surface area contributed by atoms with Crippen LogP contribution >= 0.6 is 23.2 Å². The number of piperidine rings is 2. The number of hydrogen-bond donors (Lipinski definition) is 0. The lowest BCUT2D eigenvalue weighted by Crippen LogP contribution is -2.54. The number of fused-ring (bicyclic) bond motifs is 2. The van der Waals surface area contributed by atoms with Crippen molar-refractivity contribution in [3.63, 3.8) is 0 Å². The highest BCUT2D eigenvalue weighted by Gasteiger charge is 2.55. The Morgan fingerprint density at radius 1 is 0.667 bits per heavy atom. The predicted molar refractivity (Wildman–Crippen MR) is 240 cm³/mol. The fraction of sp³-hybridized carbons (Fsp3) is 0.500. The molecule has 4 saturated heterocycles. The van der Waals surface area contributed by atoms with Crippen LogP contribution in [-0.2, 0) is 39.6 Å². The van der Waals surface area contributed by atoms with Crippen molar-refractivity contribution in [3.8, 4) is 11.5 Å². The van der Waals surface area contributed by atoms with Gasteiger partial charge in [0.2, 0.25) is 0 Å². The average Bonchev–Trinajstić information content (AvgIpc) is 3.92. The number of halogens is 4. The minimum absolute atomic E-state index is 0.00505. The van der Waals surface area contributed by atoms with Gasteiger partial charge in [0.1, 0.15) is 84.7 Å². The molecule has 4 aromatic rings. The van der Waals surface area contributed by atoms with Crippen LogP contribution < -0.4 is 9.47 Å². The first-order valence-electron chi connectivity index (χ1n) is 21.8. The number of nitrogens with zero attached hydrogens (tertiary/aromatic N) is 4. The molecule has 0 spiro atoms. The molecule has 0 unspecified atom stereocenters. The first-order valence-corrected chi connectivity index (χ1v) is 22.6. The molecule has 0 radical (unpaired) electrons. The maximum Gasteiger partial charge on any atom is 0.254 e. The van der Waals surface area contributed by atoms with E-state index in [1.165, 1.54) is 30.5 Å². The number of amides is 2. The standard InChI is InChI=1S/C30H41ClN2O7.C18H15ClF2N2O3/c1-28(2,3)38-16-14-35-23-10-9-21(18-22(23)31)27(34)33-13-11-30(25(19-33)37-20-40-30)26-24(8-7-12-32-26)36-15-17-39-29(4,5)6;19-12-8-11(3-4-13(12)20)17(24)23-7-5-18(15(9-23)25-10-26-18)16-14(21)2-1-6-22-16/h7-10,12,18,25H,11,13-17,19-20H2,1-6H3;1-4,6,8,15H,5,7,9-10H2/t25-,30+;15-,18+/m11/s1. The molecule has 66 heavy (non-hydrogen) atoms. The van der Waals surface area contributed by atoms with Crippen LogP contribution in [-0.4, -0.2) is 121 Å². The van der Waals surface area contributed by atoms with Gasteiger partial charge in [-0.3, -0.25) is 19.6 Å². The molecule has 2 amide bonds. The number of aromatic nitrogens is 2. The molecular formula is C48H56Cl2F2N4O10. The summed E-state index contributed by atoms with van der Waals surface area (Å²) in [5.41, 5.74) is -0.659. The quantitative estimate of drug-likeness (QED) is 0.126. The fourth-order valence-corrected chi connectivity index (χ4v) is 8.68. The summed E-state index contributed by atoms with van der Waals surface area (Å²) in [6.45, 7) is 15.1. The lowest BCUT2D eigenvalue weighted by Gasteiger charge is -2.41. The van der Waals surface area contributed by atoms with Crippen LogP contribution in [0.4, 0.5) is 8.78 Å². The van der Waals surface area contributed by atoms with Gasteiger partial charge < -0.3 is 47.7 Å². The molecule has 4 atom stereocenters. The van der Waals surface area contributed by atoms with Crippen LogP contribution in [0.5, 0.6) is 11.5 Å². The zero-order valence-electron chi connectivity index (χ0n) is 38.0. The Labute approximate surface area is 393 Å². The van der Waals surface area contributed by atoms with Gasteiger partial charge >= 0.3 is 0 Å². The molecule has 4 fully saturated rings. The minimum atomic E-state index is -1.01. The summed E-state index contributed by atoms with van der Waals surface area (Å²) in [7, 11) is 0. The number of pyridine rings is 2. The highest BCUT2D eigenvalue weighted by molar-refractivity contribution is 6.32. The highest BCUT2D eigenvalue weighted by atomic mass is 35.5. The minimum Gasteiger partial charge on any atom is -0.490 e. The molecule has 2 aromatic heterocycles. The zero-order valence-corrected chi connectivity index (χ0v) is 39.5. The Morgan fingerprint density at radius 2 is 1.17 bits per heavy atom. The van der Waals surface area contributed by atoms with Crippen LogP contribution in [0.1, 0.15) is 86.5 Å². The summed E-state index contributed by atoms with van der Waals surface area (Å²) in [6, 6.07) is 15.5. The van der Waals surface area contributed by atoms with Crippen LogP contribution in [0.15, 0.2) is 73.1 Å². The summed E-state index contributed by atoms with van der Waals surface area (Å²) in [5, 5.41) is 0.261. The largest absolute Gasteiger partial charge is 0.490 e. The predicted octanol–water partition coefficient (Wildman–Crippen LogP) is 8.36. The average molecular weight is 958 g/mol. The Balaban J connectivity index is 0.000000214. The monoisotopic (exact) mass is 956 g/mol. The smallest absolute Gasteiger partial charge is 0.254 e. The van der Waals surface area contributed by atoms with Gasteiger partial charge in [0.15, 0.2) is 0 Å². The van der Waals surface area contributed by atoms with Gasteiger partial charge in [0.25, 0.3) is 11.8 Å². The van der Waals surface area contributed by atoms with Gasteiger partial charge in [0.05, 0.1) is 47.6 Å². The summed E-state index contributed by atoms with van der Waals surface area (Å²) >= 11 is 12.2. The lowest BCUT2D eigenvalue weighted by molar-refractivity contribution is -0.0502. The van der Waals surface area contributed by atoms with E-state index in [4.69, 9.17) is 61.1 Å². The molecule has 8 rings (SSSR count). The van der Waals surface area contributed by atoms with E-state index >= 15 is 0 Å². The molecule has 0 saturated carbocycles. The van der Waals surface area contributed by atoms with Crippen molar-refractivity contribution in [1.82, 2.24) is 19.8 Å². The molecule has 0 aliphatic carbocycles. The molecule has 14 nitrogen and oxygen atoms in total. The van der Waals surface area contributed by atoms with E-state index in [1.54, 1.807) is 34.2 Å². The van der Waals surface area contributed by atoms with Gasteiger partial charge in [-0.1, -0.05) is 23.2 Å². The Kier molecular flexibility index (Phi) is 15.5. The van der Waals surface area contributed by atoms with E-state index in [2.05, 4.69) is 9.97 Å². The van der Waals surface area contributed by atoms with Gasteiger partial charge in [-0.2, -0.15) is 0 Å². The zero-order chi connectivity index (χ0) is 47.3. The van der Waals surface area contributed by atoms with Crippen LogP contribution in [0.25, 0.3) is 0 Å². The molecule has 0 bridgehead atoms. The van der Waals surface area contributed by atoms with Crippen LogP contribution in [0.3, 0.4) is 0 Å². The molecule has 2 aromatic carbocycles. The summed E-state index contributed by atoms with van der Waals surface area (Å²) in [6.07, 6.45) is 3.14. The number of carbonyl (C=O) groups is 2. The molecule has 0 N–H and O–H groups in total. The summed E-state index contributed by atoms with van der Waals surface area (Å²) in [4.78, 5) is 38.3. The second-order valence-electron chi connectivity index (χ2n) is 18.2. The second kappa shape index (κ2) is 20.8. The molecule has 4 aliphatic heterocycles. The van der Waals surface area contributed by atoms with Gasteiger partial charge in [-0.15, -0.1) is 0 Å². The normalized spacial score (nSPS) is 22.8. The van der Waals surface area contributed by atoms with Gasteiger partial charge in [-0.05, 0) is 102 Å². The van der Waals surface area contributed by atoms with Crippen molar-refractivity contribution in [1.29, 1.82) is 0 Å². The molecule has 6 heterocycles. The number of ether oxygens (including phenoxy) is 8. The van der Waals surface area contributed by atoms with Crippen molar-refractivity contribution in [2.24, 2.45) is 0 Å². The molecule has 4 aliphatic rings. The Morgan fingerprint density at radius 3 is 1.70 bits per heavy atom. The third kappa shape index (κ3) is 11.4. The molecule has 18 heteroatoms. The van der Waals surface area contributed by atoms with Crippen molar-refractivity contribution in [2.75, 3.05) is 66.2 Å². The fourth-order valence-electron chi connectivity index (χ4n) is 8.26. The maximum atomic E-state index is 14.3. The number of benzene rings is 2. The van der Waals surface area contributed by atoms with Gasteiger partial charge in [0, 0.05) is 49.5 Å². The van der Waals surface area contributed by atoms with E-state index in [0.29, 0.717) is 86.7 Å². The highest BCUT2D eigenvalue weighted by Crippen LogP contribution is 2.46. The number of hydrogen-bond acceptors (Lipinski definition) is 12. The van der Waals surface area contributed by atoms with Crippen LogP contribution in [0.2, 0.25) is 10.0 Å². The van der Waals surface area contributed by atoms with E-state index in [0.717, 1.165) is 6.07 Å². The van der Waals surface area contributed by atoms with E-state index in [-0.39, 0.29) is 59.4 Å². The first-order chi connectivity index (χ1) is 31.4. The van der Waals surface area contributed by atoms with Gasteiger partial charge in [-0.25, -0.2) is 8.78 Å². The van der Waals surface area contributed by atoms with E-state index < -0.39 is 35.0 Å². The van der Waals surface area contributed by atoms with Crippen molar-refractivity contribution in [2.45, 2.75) is 89.0 Å². The summed E-state index contributed by atoms with van der Waals surface area (Å²) < 4.78 is 74.4. The number of likely N-dealkylation sites (tertiary alicyclic amines) is 2. The SMILES string of the molecule is CC(C)(C)OCCOc1ccc(C(=O)N2CC[C@]3(c4ncccc4OCCOC(C)(C)C)OCO[C@@H]3C2)cc1Cl.O=C(c1ccc(F)c(Cl)c1)N1CC[C@]2(c3ncccc3F)OCO[C@@H]2C1. The third-order valence-electron chi connectivity index (χ3n) is 11.5. The molecule has 356 valence electrons. The third-order valence-corrected chi connectivity index (χ3v) is 12.1. The van der Waals surface area contributed by atoms with E-state index in [9.17, 15) is 18.4 Å².